The molecule has 28 heavy (non-hydrogen) atoms. The molecule has 1 aliphatic carbocycles. The molecule has 5 rings (SSSR count). The summed E-state index contributed by atoms with van der Waals surface area (Å²) in [4.78, 5) is 11.2. The summed E-state index contributed by atoms with van der Waals surface area (Å²) < 4.78 is 0. The molecule has 138 valence electrons. The first-order valence-electron chi connectivity index (χ1n) is 9.67. The Morgan fingerprint density at radius 1 is 0.929 bits per heavy atom. The fourth-order valence-electron chi connectivity index (χ4n) is 4.64. The lowest BCUT2D eigenvalue weighted by molar-refractivity contribution is 0.0697. The molecule has 3 aromatic rings. The number of para-hydroxylation sites is 1. The second kappa shape index (κ2) is 6.68. The zero-order valence-corrected chi connectivity index (χ0v) is 15.4. The van der Waals surface area contributed by atoms with Gasteiger partial charge in [-0.2, -0.15) is 0 Å². The summed E-state index contributed by atoms with van der Waals surface area (Å²) in [6.45, 7) is 0. The second-order valence-corrected chi connectivity index (χ2v) is 7.54. The molecule has 2 aliphatic rings. The quantitative estimate of drug-likeness (QED) is 0.569. The number of carbonyl (C=O) groups is 1. The van der Waals surface area contributed by atoms with Gasteiger partial charge >= 0.3 is 5.97 Å². The molecule has 0 aromatic heterocycles. The van der Waals surface area contributed by atoms with Crippen molar-refractivity contribution in [3.8, 4) is 11.1 Å². The van der Waals surface area contributed by atoms with Gasteiger partial charge in [-0.3, -0.25) is 0 Å². The van der Waals surface area contributed by atoms with Crippen LogP contribution in [0.4, 0.5) is 5.69 Å². The summed E-state index contributed by atoms with van der Waals surface area (Å²) in [7, 11) is 0. The highest BCUT2D eigenvalue weighted by Crippen LogP contribution is 2.52. The number of aromatic carboxylic acids is 1. The number of carboxylic acids is 1. The van der Waals surface area contributed by atoms with Crippen LogP contribution >= 0.6 is 0 Å². The van der Waals surface area contributed by atoms with E-state index in [1.165, 1.54) is 22.4 Å². The molecule has 0 fully saturated rings. The SMILES string of the molecule is O=C(O)c1ccc([C@@H]2Nc3c(-c4ccccc4)cccc3[C@@H]3C=CC[C@@H]32)cc1. The summed E-state index contributed by atoms with van der Waals surface area (Å²) in [6.07, 6.45) is 5.63. The monoisotopic (exact) mass is 367 g/mol. The Kier molecular flexibility index (Phi) is 4.01. The number of carboxylic acid groups (broad SMARTS) is 1. The average Bonchev–Trinajstić information content (AvgIpc) is 3.24. The predicted octanol–water partition coefficient (Wildman–Crippen LogP) is 5.88. The topological polar surface area (TPSA) is 49.3 Å². The van der Waals surface area contributed by atoms with Gasteiger partial charge in [-0.05, 0) is 41.2 Å². The highest BCUT2D eigenvalue weighted by atomic mass is 16.4. The van der Waals surface area contributed by atoms with Crippen molar-refractivity contribution in [1.82, 2.24) is 0 Å². The third kappa shape index (κ3) is 2.71. The van der Waals surface area contributed by atoms with Crippen LogP contribution in [0.3, 0.4) is 0 Å². The number of fused-ring (bicyclic) bond motifs is 3. The first-order chi connectivity index (χ1) is 13.7. The standard InChI is InChI=1S/C25H21NO2/c27-25(28)18-14-12-17(13-15-18)23-21-10-5-9-20(21)22-11-4-8-19(24(22)26-23)16-6-2-1-3-7-16/h1-9,11-15,20-21,23,26H,10H2,(H,27,28)/t20-,21+,23+/m1/s1. The minimum Gasteiger partial charge on any atom is -0.478 e. The lowest BCUT2D eigenvalue weighted by Gasteiger charge is -2.38. The van der Waals surface area contributed by atoms with Gasteiger partial charge in [0.05, 0.1) is 11.6 Å². The molecule has 1 aliphatic heterocycles. The van der Waals surface area contributed by atoms with Crippen LogP contribution in [-0.2, 0) is 0 Å². The predicted molar refractivity (Wildman–Crippen MR) is 112 cm³/mol. The van der Waals surface area contributed by atoms with Crippen molar-refractivity contribution >= 4 is 11.7 Å². The number of rotatable bonds is 3. The second-order valence-electron chi connectivity index (χ2n) is 7.54. The molecule has 1 heterocycles. The van der Waals surface area contributed by atoms with Gasteiger partial charge in [0.1, 0.15) is 0 Å². The minimum atomic E-state index is -0.889. The van der Waals surface area contributed by atoms with Gasteiger partial charge in [-0.15, -0.1) is 0 Å². The van der Waals surface area contributed by atoms with Crippen LogP contribution < -0.4 is 5.32 Å². The highest BCUT2D eigenvalue weighted by Gasteiger charge is 2.38. The number of benzene rings is 3. The molecule has 2 N–H and O–H groups in total. The first kappa shape index (κ1) is 16.8. The molecular formula is C25H21NO2. The van der Waals surface area contributed by atoms with Gasteiger partial charge in [0, 0.05) is 17.2 Å². The van der Waals surface area contributed by atoms with Crippen LogP contribution in [0.15, 0.2) is 84.9 Å². The van der Waals surface area contributed by atoms with Gasteiger partial charge < -0.3 is 10.4 Å². The molecule has 0 saturated carbocycles. The molecule has 0 radical (unpaired) electrons. The molecule has 0 unspecified atom stereocenters. The van der Waals surface area contributed by atoms with E-state index in [1.807, 2.05) is 18.2 Å². The van der Waals surface area contributed by atoms with Crippen molar-refractivity contribution in [2.24, 2.45) is 5.92 Å². The third-order valence-electron chi connectivity index (χ3n) is 6.00. The molecule has 0 bridgehead atoms. The first-order valence-corrected chi connectivity index (χ1v) is 9.67. The van der Waals surface area contributed by atoms with E-state index < -0.39 is 5.97 Å². The maximum absolute atomic E-state index is 11.2. The summed E-state index contributed by atoms with van der Waals surface area (Å²) in [5.41, 5.74) is 6.41. The number of nitrogens with one attached hydrogen (secondary N) is 1. The minimum absolute atomic E-state index is 0.153. The maximum atomic E-state index is 11.2. The number of allylic oxidation sites excluding steroid dienone is 2. The molecule has 3 aromatic carbocycles. The van der Waals surface area contributed by atoms with Gasteiger partial charge in [0.2, 0.25) is 0 Å². The largest absolute Gasteiger partial charge is 0.478 e. The Hall–Kier alpha value is -3.33. The van der Waals surface area contributed by atoms with E-state index in [4.69, 9.17) is 0 Å². The molecule has 3 nitrogen and oxygen atoms in total. The maximum Gasteiger partial charge on any atom is 0.335 e. The van der Waals surface area contributed by atoms with Crippen LogP contribution in [0, 0.1) is 5.92 Å². The molecule has 0 saturated heterocycles. The van der Waals surface area contributed by atoms with E-state index in [-0.39, 0.29) is 6.04 Å². The zero-order chi connectivity index (χ0) is 19.1. The van der Waals surface area contributed by atoms with Gasteiger partial charge in [-0.1, -0.05) is 72.8 Å². The van der Waals surface area contributed by atoms with E-state index in [9.17, 15) is 9.90 Å². The van der Waals surface area contributed by atoms with Crippen LogP contribution in [0.25, 0.3) is 11.1 Å². The fourth-order valence-corrected chi connectivity index (χ4v) is 4.64. The van der Waals surface area contributed by atoms with E-state index in [1.54, 1.807) is 12.1 Å². The Bertz CT molecular complexity index is 1050. The van der Waals surface area contributed by atoms with Crippen LogP contribution in [0.2, 0.25) is 0 Å². The fraction of sp³-hybridized carbons (Fsp3) is 0.160. The van der Waals surface area contributed by atoms with Gasteiger partial charge in [0.15, 0.2) is 0 Å². The number of hydrogen-bond donors (Lipinski definition) is 2. The number of anilines is 1. The molecular weight excluding hydrogens is 346 g/mol. The van der Waals surface area contributed by atoms with E-state index >= 15 is 0 Å². The van der Waals surface area contributed by atoms with Crippen molar-refractivity contribution in [2.45, 2.75) is 18.4 Å². The Balaban J connectivity index is 1.60. The van der Waals surface area contributed by atoms with Crippen LogP contribution in [-0.4, -0.2) is 11.1 Å². The molecule has 0 amide bonds. The summed E-state index contributed by atoms with van der Waals surface area (Å²) in [6, 6.07) is 24.5. The van der Waals surface area contributed by atoms with Crippen molar-refractivity contribution in [2.75, 3.05) is 5.32 Å². The van der Waals surface area contributed by atoms with Crippen molar-refractivity contribution < 1.29 is 9.90 Å². The van der Waals surface area contributed by atoms with E-state index in [0.717, 1.165) is 12.0 Å². The normalized spacial score (nSPS) is 22.2. The van der Waals surface area contributed by atoms with Gasteiger partial charge in [0.25, 0.3) is 0 Å². The molecule has 0 spiro atoms. The summed E-state index contributed by atoms with van der Waals surface area (Å²) >= 11 is 0. The Morgan fingerprint density at radius 3 is 2.46 bits per heavy atom. The summed E-state index contributed by atoms with van der Waals surface area (Å²) in [5.74, 6) is -0.0708. The average molecular weight is 367 g/mol. The lowest BCUT2D eigenvalue weighted by Crippen LogP contribution is -2.29. The van der Waals surface area contributed by atoms with Crippen LogP contribution in [0.1, 0.15) is 39.9 Å². The Labute approximate surface area is 164 Å². The van der Waals surface area contributed by atoms with Gasteiger partial charge in [-0.25, -0.2) is 4.79 Å². The smallest absolute Gasteiger partial charge is 0.335 e. The Morgan fingerprint density at radius 2 is 1.71 bits per heavy atom. The van der Waals surface area contributed by atoms with Crippen molar-refractivity contribution in [3.63, 3.8) is 0 Å². The number of hydrogen-bond acceptors (Lipinski definition) is 2. The lowest BCUT2D eigenvalue weighted by atomic mass is 9.76. The zero-order valence-electron chi connectivity index (χ0n) is 15.4. The van der Waals surface area contributed by atoms with Crippen LogP contribution in [0.5, 0.6) is 0 Å². The molecule has 3 heteroatoms. The van der Waals surface area contributed by atoms with E-state index in [0.29, 0.717) is 17.4 Å². The summed E-state index contributed by atoms with van der Waals surface area (Å²) in [5, 5.41) is 13.0. The highest BCUT2D eigenvalue weighted by molar-refractivity contribution is 5.87. The third-order valence-corrected chi connectivity index (χ3v) is 6.00. The molecule has 3 atom stereocenters. The van der Waals surface area contributed by atoms with E-state index in [2.05, 4.69) is 59.9 Å². The van der Waals surface area contributed by atoms with Crippen molar-refractivity contribution in [1.29, 1.82) is 0 Å². The van der Waals surface area contributed by atoms with Crippen molar-refractivity contribution in [3.05, 3.63) is 102 Å².